The highest BCUT2D eigenvalue weighted by molar-refractivity contribution is 14.0. The molecule has 0 spiro atoms. The number of ether oxygens (including phenoxy) is 1. The summed E-state index contributed by atoms with van der Waals surface area (Å²) < 4.78 is 5.91. The summed E-state index contributed by atoms with van der Waals surface area (Å²) in [5.41, 5.74) is 1.21. The summed E-state index contributed by atoms with van der Waals surface area (Å²) in [5.74, 6) is 1.80. The van der Waals surface area contributed by atoms with Crippen molar-refractivity contribution in [1.82, 2.24) is 10.6 Å². The zero-order valence-electron chi connectivity index (χ0n) is 13.8. The van der Waals surface area contributed by atoms with Crippen molar-refractivity contribution in [2.45, 2.75) is 51.7 Å². The number of nitrogens with one attached hydrogen (secondary N) is 2. The molecule has 1 unspecified atom stereocenters. The van der Waals surface area contributed by atoms with Gasteiger partial charge in [-0.25, -0.2) is 0 Å². The first-order valence-corrected chi connectivity index (χ1v) is 7.88. The van der Waals surface area contributed by atoms with E-state index in [2.05, 4.69) is 41.6 Å². The van der Waals surface area contributed by atoms with Crippen molar-refractivity contribution in [3.05, 3.63) is 29.8 Å². The van der Waals surface area contributed by atoms with Crippen molar-refractivity contribution in [1.29, 1.82) is 0 Å². The van der Waals surface area contributed by atoms with Crippen molar-refractivity contribution >= 4 is 29.9 Å². The highest BCUT2D eigenvalue weighted by Crippen LogP contribution is 2.17. The Kier molecular flexibility index (Phi) is 8.60. The molecule has 0 heterocycles. The zero-order chi connectivity index (χ0) is 15.1. The van der Waals surface area contributed by atoms with Gasteiger partial charge in [0.15, 0.2) is 5.96 Å². The fourth-order valence-corrected chi connectivity index (χ4v) is 2.66. The second-order valence-electron chi connectivity index (χ2n) is 5.82. The highest BCUT2D eigenvalue weighted by Gasteiger charge is 2.16. The monoisotopic (exact) mass is 417 g/mol. The second kappa shape index (κ2) is 9.92. The number of hydrogen-bond donors (Lipinski definition) is 2. The van der Waals surface area contributed by atoms with Crippen molar-refractivity contribution in [3.8, 4) is 5.75 Å². The Bertz CT molecular complexity index is 473. The lowest BCUT2D eigenvalue weighted by molar-refractivity contribution is 0.223. The van der Waals surface area contributed by atoms with Crippen molar-refractivity contribution < 1.29 is 4.74 Å². The van der Waals surface area contributed by atoms with E-state index >= 15 is 0 Å². The van der Waals surface area contributed by atoms with Crippen molar-refractivity contribution in [3.63, 3.8) is 0 Å². The van der Waals surface area contributed by atoms with Crippen LogP contribution in [0.4, 0.5) is 0 Å². The van der Waals surface area contributed by atoms with Gasteiger partial charge >= 0.3 is 0 Å². The maximum Gasteiger partial charge on any atom is 0.191 e. The van der Waals surface area contributed by atoms with Crippen LogP contribution >= 0.6 is 24.0 Å². The minimum absolute atomic E-state index is 0. The highest BCUT2D eigenvalue weighted by atomic mass is 127. The van der Waals surface area contributed by atoms with Crippen LogP contribution in [-0.2, 0) is 0 Å². The zero-order valence-corrected chi connectivity index (χ0v) is 16.1. The molecule has 2 rings (SSSR count). The molecule has 1 aromatic carbocycles. The summed E-state index contributed by atoms with van der Waals surface area (Å²) in [4.78, 5) is 4.28. The van der Waals surface area contributed by atoms with Crippen molar-refractivity contribution in [2.75, 3.05) is 13.6 Å². The first kappa shape index (κ1) is 19.1. The molecule has 0 aromatic heterocycles. The number of hydrogen-bond acceptors (Lipinski definition) is 2. The number of nitrogens with zero attached hydrogens (tertiary/aromatic N) is 1. The number of halogens is 1. The first-order valence-electron chi connectivity index (χ1n) is 7.88. The van der Waals surface area contributed by atoms with Gasteiger partial charge in [0.05, 0.1) is 6.54 Å². The molecule has 0 radical (unpaired) electrons. The minimum Gasteiger partial charge on any atom is -0.489 e. The van der Waals surface area contributed by atoms with Gasteiger partial charge in [-0.15, -0.1) is 24.0 Å². The molecule has 5 heteroatoms. The predicted octanol–water partition coefficient (Wildman–Crippen LogP) is 3.49. The third-order valence-electron chi connectivity index (χ3n) is 3.80. The van der Waals surface area contributed by atoms with E-state index in [0.717, 1.165) is 18.3 Å². The van der Waals surface area contributed by atoms with E-state index in [1.807, 2.05) is 19.2 Å². The number of guanidine groups is 1. The third kappa shape index (κ3) is 6.42. The summed E-state index contributed by atoms with van der Waals surface area (Å²) in [5, 5.41) is 6.82. The lowest BCUT2D eigenvalue weighted by atomic mass is 10.2. The maximum absolute atomic E-state index is 5.91. The molecule has 0 amide bonds. The largest absolute Gasteiger partial charge is 0.489 e. The molecule has 0 aliphatic heterocycles. The lowest BCUT2D eigenvalue weighted by Gasteiger charge is -2.20. The maximum atomic E-state index is 5.91. The molecule has 1 aromatic rings. The molecule has 1 aliphatic carbocycles. The molecule has 124 valence electrons. The van der Waals surface area contributed by atoms with Crippen LogP contribution in [0.15, 0.2) is 29.3 Å². The molecular formula is C17H28IN3O. The Hall–Kier alpha value is -0.980. The quantitative estimate of drug-likeness (QED) is 0.438. The molecule has 22 heavy (non-hydrogen) atoms. The van der Waals surface area contributed by atoms with Crippen LogP contribution in [0.2, 0.25) is 0 Å². The molecule has 1 aliphatic rings. The van der Waals surface area contributed by atoms with Gasteiger partial charge in [0.2, 0.25) is 0 Å². The molecule has 0 bridgehead atoms. The number of rotatable bonds is 5. The fraction of sp³-hybridized carbons (Fsp3) is 0.588. The van der Waals surface area contributed by atoms with Gasteiger partial charge in [0.1, 0.15) is 11.9 Å². The Morgan fingerprint density at radius 2 is 2.09 bits per heavy atom. The Labute approximate surface area is 151 Å². The van der Waals surface area contributed by atoms with Gasteiger partial charge < -0.3 is 15.4 Å². The molecule has 2 N–H and O–H groups in total. The molecule has 0 saturated heterocycles. The van der Waals surface area contributed by atoms with E-state index in [1.165, 1.54) is 31.2 Å². The van der Waals surface area contributed by atoms with E-state index in [9.17, 15) is 0 Å². The van der Waals surface area contributed by atoms with Crippen LogP contribution in [-0.4, -0.2) is 31.7 Å². The van der Waals surface area contributed by atoms with Gasteiger partial charge in [-0.1, -0.05) is 25.0 Å². The Morgan fingerprint density at radius 1 is 1.36 bits per heavy atom. The normalized spacial score (nSPS) is 16.8. The number of benzene rings is 1. The minimum atomic E-state index is 0. The van der Waals surface area contributed by atoms with Gasteiger partial charge in [0, 0.05) is 13.1 Å². The van der Waals surface area contributed by atoms with Crippen LogP contribution in [0.5, 0.6) is 5.75 Å². The Morgan fingerprint density at radius 3 is 2.73 bits per heavy atom. The predicted molar refractivity (Wildman–Crippen MR) is 103 cm³/mol. The van der Waals surface area contributed by atoms with E-state index in [4.69, 9.17) is 4.74 Å². The standard InChI is InChI=1S/C17H27N3O.HI/c1-13-7-6-10-16(11-13)21-14(2)12-19-17(18-3)20-15-8-4-5-9-15;/h6-7,10-11,14-15H,4-5,8-9,12H2,1-3H3,(H2,18,19,20);1H. The summed E-state index contributed by atoms with van der Waals surface area (Å²) in [6.07, 6.45) is 5.23. The SMILES string of the molecule is CN=C(NCC(C)Oc1cccc(C)c1)NC1CCCC1.I. The average Bonchev–Trinajstić information content (AvgIpc) is 2.96. The molecule has 1 saturated carbocycles. The van der Waals surface area contributed by atoms with Gasteiger partial charge in [0.25, 0.3) is 0 Å². The Balaban J connectivity index is 0.00000242. The second-order valence-corrected chi connectivity index (χ2v) is 5.82. The molecule has 1 fully saturated rings. The third-order valence-corrected chi connectivity index (χ3v) is 3.80. The van der Waals surface area contributed by atoms with Crippen LogP contribution in [0.1, 0.15) is 38.2 Å². The van der Waals surface area contributed by atoms with E-state index in [1.54, 1.807) is 0 Å². The van der Waals surface area contributed by atoms with E-state index < -0.39 is 0 Å². The fourth-order valence-electron chi connectivity index (χ4n) is 2.66. The van der Waals surface area contributed by atoms with Gasteiger partial charge in [-0.2, -0.15) is 0 Å². The van der Waals surface area contributed by atoms with Crippen LogP contribution < -0.4 is 15.4 Å². The smallest absolute Gasteiger partial charge is 0.191 e. The molecule has 1 atom stereocenters. The number of aliphatic imine (C=N–C) groups is 1. The van der Waals surface area contributed by atoms with E-state index in [0.29, 0.717) is 6.04 Å². The van der Waals surface area contributed by atoms with Crippen LogP contribution in [0, 0.1) is 6.92 Å². The van der Waals surface area contributed by atoms with E-state index in [-0.39, 0.29) is 30.1 Å². The van der Waals surface area contributed by atoms with Gasteiger partial charge in [-0.05, 0) is 44.4 Å². The van der Waals surface area contributed by atoms with Gasteiger partial charge in [-0.3, -0.25) is 4.99 Å². The lowest BCUT2D eigenvalue weighted by Crippen LogP contribution is -2.45. The molecule has 4 nitrogen and oxygen atoms in total. The molecular weight excluding hydrogens is 389 g/mol. The number of aryl methyl sites for hydroxylation is 1. The van der Waals surface area contributed by atoms with Crippen LogP contribution in [0.3, 0.4) is 0 Å². The summed E-state index contributed by atoms with van der Waals surface area (Å²) >= 11 is 0. The first-order chi connectivity index (χ1) is 10.2. The summed E-state index contributed by atoms with van der Waals surface area (Å²) in [7, 11) is 1.82. The summed E-state index contributed by atoms with van der Waals surface area (Å²) in [6, 6.07) is 8.72. The average molecular weight is 417 g/mol. The van der Waals surface area contributed by atoms with Crippen LogP contribution in [0.25, 0.3) is 0 Å². The summed E-state index contributed by atoms with van der Waals surface area (Å²) in [6.45, 7) is 4.88. The van der Waals surface area contributed by atoms with Crippen molar-refractivity contribution in [2.24, 2.45) is 4.99 Å². The topological polar surface area (TPSA) is 45.7 Å².